The Bertz CT molecular complexity index is 857. The van der Waals surface area contributed by atoms with Crippen LogP contribution in [0.3, 0.4) is 0 Å². The molecule has 3 aromatic rings. The summed E-state index contributed by atoms with van der Waals surface area (Å²) in [4.78, 5) is 20.6. The summed E-state index contributed by atoms with van der Waals surface area (Å²) in [5, 5.41) is 10.8. The van der Waals surface area contributed by atoms with Gasteiger partial charge < -0.3 is 9.67 Å². The lowest BCUT2D eigenvalue weighted by atomic mass is 10.3. The predicted molar refractivity (Wildman–Crippen MR) is 83.2 cm³/mol. The number of imidazole rings is 1. The van der Waals surface area contributed by atoms with Crippen LogP contribution < -0.4 is 0 Å². The van der Waals surface area contributed by atoms with Crippen LogP contribution in [0, 0.1) is 6.92 Å². The van der Waals surface area contributed by atoms with E-state index in [4.69, 9.17) is 28.3 Å². The van der Waals surface area contributed by atoms with Gasteiger partial charge in [0, 0.05) is 6.20 Å². The number of aryl methyl sites for hydroxylation is 1. The van der Waals surface area contributed by atoms with Crippen LogP contribution in [0.25, 0.3) is 21.7 Å². The smallest absolute Gasteiger partial charge is 0.323 e. The van der Waals surface area contributed by atoms with E-state index in [0.717, 1.165) is 9.88 Å². The number of nitrogens with zero attached hydrogens (tertiary/aromatic N) is 3. The minimum Gasteiger partial charge on any atom is -0.480 e. The van der Waals surface area contributed by atoms with Crippen LogP contribution in [0.1, 0.15) is 5.01 Å². The van der Waals surface area contributed by atoms with Gasteiger partial charge in [-0.3, -0.25) is 4.79 Å². The Morgan fingerprint density at radius 3 is 2.71 bits per heavy atom. The lowest BCUT2D eigenvalue weighted by Crippen LogP contribution is -2.09. The van der Waals surface area contributed by atoms with Crippen LogP contribution in [-0.4, -0.2) is 25.6 Å². The summed E-state index contributed by atoms with van der Waals surface area (Å²) in [5.74, 6) is -0.404. The molecule has 1 N–H and O–H groups in total. The molecule has 0 aliphatic rings. The van der Waals surface area contributed by atoms with Gasteiger partial charge in [-0.2, -0.15) is 0 Å². The fourth-order valence-electron chi connectivity index (χ4n) is 2.07. The quantitative estimate of drug-likeness (QED) is 0.785. The number of halogens is 2. The highest BCUT2D eigenvalue weighted by Crippen LogP contribution is 2.33. The van der Waals surface area contributed by atoms with Crippen LogP contribution in [0.4, 0.5) is 0 Å². The van der Waals surface area contributed by atoms with E-state index in [9.17, 15) is 4.79 Å². The second-order valence-corrected chi connectivity index (χ2v) is 6.46. The van der Waals surface area contributed by atoms with Crippen molar-refractivity contribution in [3.63, 3.8) is 0 Å². The van der Waals surface area contributed by atoms with Gasteiger partial charge in [0.1, 0.15) is 6.54 Å². The normalized spacial score (nSPS) is 11.2. The zero-order chi connectivity index (χ0) is 15.1. The summed E-state index contributed by atoms with van der Waals surface area (Å²) >= 11 is 13.5. The first kappa shape index (κ1) is 14.3. The molecular weight excluding hydrogens is 333 g/mol. The summed E-state index contributed by atoms with van der Waals surface area (Å²) in [6.45, 7) is 1.67. The zero-order valence-electron chi connectivity index (χ0n) is 10.8. The van der Waals surface area contributed by atoms with E-state index >= 15 is 0 Å². The Hall–Kier alpha value is -1.63. The average Bonchev–Trinajstić information content (AvgIpc) is 2.95. The third kappa shape index (κ3) is 2.62. The topological polar surface area (TPSA) is 68.0 Å². The SMILES string of the molecule is Cc1ncc(-c2nc3cc(Cl)c(Cl)cc3n2CC(=O)O)s1. The van der Waals surface area contributed by atoms with E-state index in [1.165, 1.54) is 11.3 Å². The third-order valence-corrected chi connectivity index (χ3v) is 4.56. The molecular formula is C13H9Cl2N3O2S. The monoisotopic (exact) mass is 341 g/mol. The van der Waals surface area contributed by atoms with Gasteiger partial charge in [0.25, 0.3) is 0 Å². The summed E-state index contributed by atoms with van der Waals surface area (Å²) in [7, 11) is 0. The summed E-state index contributed by atoms with van der Waals surface area (Å²) in [6.07, 6.45) is 1.68. The van der Waals surface area contributed by atoms with Gasteiger partial charge in [0.05, 0.1) is 31.0 Å². The minimum atomic E-state index is -0.956. The molecule has 0 fully saturated rings. The van der Waals surface area contributed by atoms with Crippen molar-refractivity contribution < 1.29 is 9.90 Å². The van der Waals surface area contributed by atoms with E-state index in [1.807, 2.05) is 6.92 Å². The van der Waals surface area contributed by atoms with Crippen LogP contribution >= 0.6 is 34.5 Å². The highest BCUT2D eigenvalue weighted by atomic mass is 35.5. The fourth-order valence-corrected chi connectivity index (χ4v) is 3.16. The molecule has 8 heteroatoms. The Labute approximate surface area is 133 Å². The van der Waals surface area contributed by atoms with Crippen molar-refractivity contribution in [3.8, 4) is 10.7 Å². The molecule has 0 unspecified atom stereocenters. The molecule has 0 radical (unpaired) electrons. The molecule has 3 rings (SSSR count). The number of carboxylic acids is 1. The van der Waals surface area contributed by atoms with Crippen molar-refractivity contribution in [2.24, 2.45) is 0 Å². The summed E-state index contributed by atoms with van der Waals surface area (Å²) in [5.41, 5.74) is 1.24. The Balaban J connectivity index is 2.29. The second kappa shape index (κ2) is 5.29. The molecule has 0 atom stereocenters. The average molecular weight is 342 g/mol. The van der Waals surface area contributed by atoms with Crippen LogP contribution in [0.2, 0.25) is 10.0 Å². The third-order valence-electron chi connectivity index (χ3n) is 2.93. The lowest BCUT2D eigenvalue weighted by molar-refractivity contribution is -0.137. The molecule has 1 aromatic carbocycles. The van der Waals surface area contributed by atoms with Gasteiger partial charge in [0.15, 0.2) is 5.82 Å². The number of rotatable bonds is 3. The number of carboxylic acid groups (broad SMARTS) is 1. The molecule has 0 saturated heterocycles. The number of aromatic nitrogens is 3. The van der Waals surface area contributed by atoms with E-state index in [2.05, 4.69) is 9.97 Å². The van der Waals surface area contributed by atoms with E-state index in [-0.39, 0.29) is 6.54 Å². The maximum Gasteiger partial charge on any atom is 0.323 e. The number of hydrogen-bond acceptors (Lipinski definition) is 4. The Morgan fingerprint density at radius 2 is 2.10 bits per heavy atom. The number of benzene rings is 1. The van der Waals surface area contributed by atoms with Crippen molar-refractivity contribution in [2.45, 2.75) is 13.5 Å². The maximum absolute atomic E-state index is 11.1. The van der Waals surface area contributed by atoms with Crippen molar-refractivity contribution in [1.82, 2.24) is 14.5 Å². The van der Waals surface area contributed by atoms with Gasteiger partial charge in [-0.05, 0) is 19.1 Å². The molecule has 108 valence electrons. The Morgan fingerprint density at radius 1 is 1.38 bits per heavy atom. The van der Waals surface area contributed by atoms with Crippen molar-refractivity contribution in [2.75, 3.05) is 0 Å². The minimum absolute atomic E-state index is 0.208. The first-order valence-electron chi connectivity index (χ1n) is 5.95. The first-order valence-corrected chi connectivity index (χ1v) is 7.53. The van der Waals surface area contributed by atoms with Gasteiger partial charge in [-0.25, -0.2) is 9.97 Å². The van der Waals surface area contributed by atoms with E-state index in [1.54, 1.807) is 22.9 Å². The molecule has 0 bridgehead atoms. The molecule has 2 aromatic heterocycles. The standard InChI is InChI=1S/C13H9Cl2N3O2S/c1-6-16-4-11(21-6)13-17-9-2-7(14)8(15)3-10(9)18(13)5-12(19)20/h2-4H,5H2,1H3,(H,19,20). The van der Waals surface area contributed by atoms with Crippen LogP contribution in [-0.2, 0) is 11.3 Å². The number of carbonyl (C=O) groups is 1. The summed E-state index contributed by atoms with van der Waals surface area (Å²) < 4.78 is 1.60. The molecule has 0 amide bonds. The van der Waals surface area contributed by atoms with Crippen molar-refractivity contribution in [3.05, 3.63) is 33.4 Å². The highest BCUT2D eigenvalue weighted by molar-refractivity contribution is 7.15. The molecule has 5 nitrogen and oxygen atoms in total. The van der Waals surface area contributed by atoms with Crippen LogP contribution in [0.5, 0.6) is 0 Å². The van der Waals surface area contributed by atoms with Gasteiger partial charge in [-0.1, -0.05) is 23.2 Å². The number of hydrogen-bond donors (Lipinski definition) is 1. The molecule has 0 aliphatic carbocycles. The van der Waals surface area contributed by atoms with Crippen molar-refractivity contribution in [1.29, 1.82) is 0 Å². The molecule has 0 aliphatic heterocycles. The second-order valence-electron chi connectivity index (χ2n) is 4.41. The molecule has 21 heavy (non-hydrogen) atoms. The predicted octanol–water partition coefficient (Wildman–Crippen LogP) is 3.86. The van der Waals surface area contributed by atoms with Crippen LogP contribution in [0.15, 0.2) is 18.3 Å². The lowest BCUT2D eigenvalue weighted by Gasteiger charge is -2.04. The van der Waals surface area contributed by atoms with Gasteiger partial charge in [0.2, 0.25) is 0 Å². The number of aliphatic carboxylic acids is 1. The highest BCUT2D eigenvalue weighted by Gasteiger charge is 2.18. The van der Waals surface area contributed by atoms with Crippen molar-refractivity contribution >= 4 is 51.5 Å². The molecule has 2 heterocycles. The van der Waals surface area contributed by atoms with E-state index < -0.39 is 5.97 Å². The summed E-state index contributed by atoms with van der Waals surface area (Å²) in [6, 6.07) is 3.27. The first-order chi connectivity index (χ1) is 9.95. The maximum atomic E-state index is 11.1. The molecule has 0 spiro atoms. The molecule has 0 saturated carbocycles. The number of thiazole rings is 1. The fraction of sp³-hybridized carbons (Fsp3) is 0.154. The van der Waals surface area contributed by atoms with Gasteiger partial charge in [-0.15, -0.1) is 11.3 Å². The van der Waals surface area contributed by atoms with Gasteiger partial charge >= 0.3 is 5.97 Å². The van der Waals surface area contributed by atoms with E-state index in [0.29, 0.717) is 26.9 Å². The number of fused-ring (bicyclic) bond motifs is 1. The zero-order valence-corrected chi connectivity index (χ0v) is 13.1. The Kier molecular flexibility index (Phi) is 3.61. The largest absolute Gasteiger partial charge is 0.480 e.